The third kappa shape index (κ3) is 5.62. The molecule has 0 atom stereocenters. The van der Waals surface area contributed by atoms with Gasteiger partial charge in [-0.1, -0.05) is 60.7 Å². The van der Waals surface area contributed by atoms with Gasteiger partial charge < -0.3 is 16.6 Å². The first-order valence-electron chi connectivity index (χ1n) is 13.0. The number of rotatable bonds is 6. The number of benzene rings is 6. The van der Waals surface area contributed by atoms with Crippen LogP contribution in [0.4, 0.5) is 34.1 Å². The van der Waals surface area contributed by atoms with Gasteiger partial charge in [0.05, 0.1) is 22.7 Å². The number of aromatic hydroxyl groups is 1. The van der Waals surface area contributed by atoms with Gasteiger partial charge in [-0.25, -0.2) is 0 Å². The topological polar surface area (TPSA) is 176 Å². The number of fused-ring (bicyclic) bond motifs is 2. The molecule has 6 rings (SSSR count). The minimum atomic E-state index is -4.61. The molecule has 6 N–H and O–H groups in total. The molecule has 0 bridgehead atoms. The molecule has 43 heavy (non-hydrogen) atoms. The van der Waals surface area contributed by atoms with Gasteiger partial charge in [0.2, 0.25) is 0 Å². The Morgan fingerprint density at radius 2 is 1.16 bits per heavy atom. The van der Waals surface area contributed by atoms with Crippen molar-refractivity contribution >= 4 is 65.8 Å². The maximum absolute atomic E-state index is 11.6. The standard InChI is InChI=1S/C32H24N6O4S/c33-27-17-22-10-16-30(43(40,41)42)32(39)26(22)18-29(27)38-36-24-13-7-20(8-14-24)19-5-11-23(12-6-19)35-37-28-15-9-21-3-1-2-4-25(21)31(28)34/h1-18,39H,33-34H2,(H,40,41,42). The molecule has 0 saturated heterocycles. The summed E-state index contributed by atoms with van der Waals surface area (Å²) < 4.78 is 32.5. The minimum Gasteiger partial charge on any atom is -0.506 e. The molecule has 0 aromatic heterocycles. The fourth-order valence-corrected chi connectivity index (χ4v) is 5.27. The average molecular weight is 589 g/mol. The highest BCUT2D eigenvalue weighted by Gasteiger charge is 2.18. The van der Waals surface area contributed by atoms with E-state index in [0.29, 0.717) is 28.1 Å². The van der Waals surface area contributed by atoms with Gasteiger partial charge in [-0.2, -0.15) is 18.6 Å². The van der Waals surface area contributed by atoms with Crippen molar-refractivity contribution < 1.29 is 18.1 Å². The van der Waals surface area contributed by atoms with Crippen LogP contribution < -0.4 is 11.5 Å². The predicted molar refractivity (Wildman–Crippen MR) is 168 cm³/mol. The maximum atomic E-state index is 11.6. The van der Waals surface area contributed by atoms with E-state index in [-0.39, 0.29) is 16.8 Å². The molecule has 0 aliphatic rings. The molecule has 0 spiro atoms. The van der Waals surface area contributed by atoms with Crippen molar-refractivity contribution in [2.24, 2.45) is 20.5 Å². The molecule has 0 aliphatic carbocycles. The van der Waals surface area contributed by atoms with Crippen LogP contribution >= 0.6 is 0 Å². The maximum Gasteiger partial charge on any atom is 0.298 e. The fraction of sp³-hybridized carbons (Fsp3) is 0. The first-order chi connectivity index (χ1) is 20.7. The Balaban J connectivity index is 1.18. The van der Waals surface area contributed by atoms with Gasteiger partial charge in [0.1, 0.15) is 22.0 Å². The van der Waals surface area contributed by atoms with E-state index in [1.165, 1.54) is 12.1 Å². The Hall–Kier alpha value is -5.65. The van der Waals surface area contributed by atoms with E-state index < -0.39 is 20.8 Å². The smallest absolute Gasteiger partial charge is 0.298 e. The van der Waals surface area contributed by atoms with Gasteiger partial charge in [-0.15, -0.1) is 10.2 Å². The van der Waals surface area contributed by atoms with Crippen molar-refractivity contribution in [1.29, 1.82) is 0 Å². The highest BCUT2D eigenvalue weighted by atomic mass is 32.2. The van der Waals surface area contributed by atoms with Crippen LogP contribution in [0.3, 0.4) is 0 Å². The van der Waals surface area contributed by atoms with Crippen molar-refractivity contribution in [3.05, 3.63) is 109 Å². The first kappa shape index (κ1) is 27.5. The fourth-order valence-electron chi connectivity index (χ4n) is 4.67. The Bertz CT molecular complexity index is 2180. The molecule has 11 heteroatoms. The van der Waals surface area contributed by atoms with Gasteiger partial charge in [0.25, 0.3) is 10.1 Å². The quantitative estimate of drug-likeness (QED) is 0.0859. The van der Waals surface area contributed by atoms with E-state index in [0.717, 1.165) is 28.0 Å². The third-order valence-corrected chi connectivity index (χ3v) is 7.83. The summed E-state index contributed by atoms with van der Waals surface area (Å²) in [6.07, 6.45) is 0. The molecule has 0 heterocycles. The van der Waals surface area contributed by atoms with E-state index in [1.54, 1.807) is 18.2 Å². The SMILES string of the molecule is Nc1cc2ccc(S(=O)(=O)O)c(O)c2cc1N=Nc1ccc(-c2ccc(N=Nc3ccc4ccccc4c3N)cc2)cc1. The zero-order valence-corrected chi connectivity index (χ0v) is 23.3. The van der Waals surface area contributed by atoms with Crippen LogP contribution in [0.15, 0.2) is 135 Å². The summed E-state index contributed by atoms with van der Waals surface area (Å²) >= 11 is 0. The lowest BCUT2D eigenvalue weighted by Gasteiger charge is -2.08. The van der Waals surface area contributed by atoms with E-state index in [4.69, 9.17) is 11.5 Å². The van der Waals surface area contributed by atoms with Gasteiger partial charge >= 0.3 is 0 Å². The number of hydrogen-bond donors (Lipinski definition) is 4. The zero-order chi connectivity index (χ0) is 30.1. The molecular weight excluding hydrogens is 564 g/mol. The summed E-state index contributed by atoms with van der Waals surface area (Å²) in [5, 5.41) is 30.1. The predicted octanol–water partition coefficient (Wildman–Crippen LogP) is 8.61. The Morgan fingerprint density at radius 1 is 0.581 bits per heavy atom. The van der Waals surface area contributed by atoms with Crippen molar-refractivity contribution in [2.75, 3.05) is 11.5 Å². The van der Waals surface area contributed by atoms with Crippen molar-refractivity contribution in [3.8, 4) is 16.9 Å². The lowest BCUT2D eigenvalue weighted by Crippen LogP contribution is -1.98. The normalized spacial score (nSPS) is 12.1. The molecule has 6 aromatic carbocycles. The molecular formula is C32H24N6O4S. The summed E-state index contributed by atoms with van der Waals surface area (Å²) in [5.74, 6) is -0.592. The largest absolute Gasteiger partial charge is 0.506 e. The van der Waals surface area contributed by atoms with Gasteiger partial charge in [0.15, 0.2) is 0 Å². The highest BCUT2D eigenvalue weighted by Crippen LogP contribution is 2.38. The number of nitrogens with two attached hydrogens (primary N) is 2. The lowest BCUT2D eigenvalue weighted by atomic mass is 10.1. The summed E-state index contributed by atoms with van der Waals surface area (Å²) in [7, 11) is -4.61. The van der Waals surface area contributed by atoms with Crippen LogP contribution in [-0.4, -0.2) is 18.1 Å². The van der Waals surface area contributed by atoms with Crippen LogP contribution in [-0.2, 0) is 10.1 Å². The van der Waals surface area contributed by atoms with Crippen molar-refractivity contribution in [1.82, 2.24) is 0 Å². The van der Waals surface area contributed by atoms with Gasteiger partial charge in [-0.3, -0.25) is 4.55 Å². The molecule has 6 aromatic rings. The number of anilines is 2. The van der Waals surface area contributed by atoms with Crippen LogP contribution in [0.25, 0.3) is 32.7 Å². The third-order valence-electron chi connectivity index (χ3n) is 6.94. The molecule has 0 unspecified atom stereocenters. The average Bonchev–Trinajstić information content (AvgIpc) is 3.00. The van der Waals surface area contributed by atoms with Crippen molar-refractivity contribution in [2.45, 2.75) is 4.90 Å². The molecule has 0 fully saturated rings. The Labute approximate surface area is 246 Å². The highest BCUT2D eigenvalue weighted by molar-refractivity contribution is 7.86. The van der Waals surface area contributed by atoms with Crippen LogP contribution in [0.5, 0.6) is 5.75 Å². The van der Waals surface area contributed by atoms with E-state index >= 15 is 0 Å². The Morgan fingerprint density at radius 3 is 1.79 bits per heavy atom. The Kier molecular flexibility index (Phi) is 7.02. The van der Waals surface area contributed by atoms with Gasteiger partial charge in [0, 0.05) is 10.8 Å². The summed E-state index contributed by atoms with van der Waals surface area (Å²) in [4.78, 5) is -0.603. The van der Waals surface area contributed by atoms with E-state index in [9.17, 15) is 18.1 Å². The second-order valence-electron chi connectivity index (χ2n) is 9.73. The molecule has 0 radical (unpaired) electrons. The summed E-state index contributed by atoms with van der Waals surface area (Å²) in [5.41, 5.74) is 17.3. The molecule has 10 nitrogen and oxygen atoms in total. The molecule has 0 aliphatic heterocycles. The summed E-state index contributed by atoms with van der Waals surface area (Å²) in [6.45, 7) is 0. The summed E-state index contributed by atoms with van der Waals surface area (Å²) in [6, 6.07) is 32.2. The van der Waals surface area contributed by atoms with E-state index in [1.807, 2.05) is 72.8 Å². The van der Waals surface area contributed by atoms with E-state index in [2.05, 4.69) is 20.5 Å². The number of nitrogens with zero attached hydrogens (tertiary/aromatic N) is 4. The number of phenols is 1. The van der Waals surface area contributed by atoms with Crippen LogP contribution in [0.1, 0.15) is 0 Å². The first-order valence-corrected chi connectivity index (χ1v) is 14.5. The minimum absolute atomic E-state index is 0.164. The molecule has 0 amide bonds. The lowest BCUT2D eigenvalue weighted by molar-refractivity contribution is 0.448. The number of azo groups is 2. The molecule has 0 saturated carbocycles. The number of hydrogen-bond acceptors (Lipinski definition) is 9. The number of phenolic OH excluding ortho intramolecular Hbond substituents is 1. The second-order valence-corrected chi connectivity index (χ2v) is 11.1. The monoisotopic (exact) mass is 588 g/mol. The number of nitrogen functional groups attached to an aromatic ring is 2. The zero-order valence-electron chi connectivity index (χ0n) is 22.5. The second kappa shape index (κ2) is 11.0. The van der Waals surface area contributed by atoms with Crippen LogP contribution in [0, 0.1) is 0 Å². The van der Waals surface area contributed by atoms with Crippen molar-refractivity contribution in [3.63, 3.8) is 0 Å². The molecule has 212 valence electrons. The van der Waals surface area contributed by atoms with Gasteiger partial charge in [-0.05, 0) is 70.4 Å². The van der Waals surface area contributed by atoms with Crippen LogP contribution in [0.2, 0.25) is 0 Å².